The Labute approximate surface area is 142 Å². The van der Waals surface area contributed by atoms with Crippen LogP contribution < -0.4 is 5.32 Å². The molecule has 0 radical (unpaired) electrons. The van der Waals surface area contributed by atoms with Gasteiger partial charge in [0.2, 0.25) is 5.91 Å². The van der Waals surface area contributed by atoms with Gasteiger partial charge in [-0.05, 0) is 43.5 Å². The Bertz CT molecular complexity index is 548. The van der Waals surface area contributed by atoms with E-state index < -0.39 is 0 Å². The molecule has 1 atom stereocenters. The maximum atomic E-state index is 12.8. The van der Waals surface area contributed by atoms with E-state index in [9.17, 15) is 14.0 Å². The third-order valence-electron chi connectivity index (χ3n) is 4.37. The molecule has 0 bridgehead atoms. The zero-order valence-electron chi connectivity index (χ0n) is 14.1. The van der Waals surface area contributed by atoms with Gasteiger partial charge in [0.15, 0.2) is 0 Å². The van der Waals surface area contributed by atoms with Crippen molar-refractivity contribution >= 4 is 11.9 Å². The molecule has 2 rings (SSSR count). The van der Waals surface area contributed by atoms with Crippen LogP contribution in [-0.4, -0.2) is 49.6 Å². The summed E-state index contributed by atoms with van der Waals surface area (Å²) >= 11 is 0. The van der Waals surface area contributed by atoms with Gasteiger partial charge in [0.05, 0.1) is 20.1 Å². The van der Waals surface area contributed by atoms with Crippen LogP contribution in [0, 0.1) is 5.82 Å². The van der Waals surface area contributed by atoms with Gasteiger partial charge in [-0.25, -0.2) is 4.39 Å². The Balaban J connectivity index is 1.75. The topological polar surface area (TPSA) is 58.6 Å². The standard InChI is InChI=1S/C18H25FN2O3/c1-24-18(23)12-16-4-2-3-11-21(16)13-17(22)20-10-9-14-5-7-15(19)8-6-14/h5-8,16H,2-4,9-13H2,1H3,(H,20,22)/t16-/m1/s1. The fourth-order valence-electron chi connectivity index (χ4n) is 3.01. The number of esters is 1. The number of nitrogens with zero attached hydrogens (tertiary/aromatic N) is 1. The number of methoxy groups -OCH3 is 1. The first-order valence-electron chi connectivity index (χ1n) is 8.40. The van der Waals surface area contributed by atoms with Crippen molar-refractivity contribution in [2.24, 2.45) is 0 Å². The summed E-state index contributed by atoms with van der Waals surface area (Å²) in [6.45, 7) is 1.64. The molecule has 5 nitrogen and oxygen atoms in total. The molecule has 1 aromatic rings. The monoisotopic (exact) mass is 336 g/mol. The van der Waals surface area contributed by atoms with Gasteiger partial charge in [-0.1, -0.05) is 18.6 Å². The SMILES string of the molecule is COC(=O)C[C@H]1CCCCN1CC(=O)NCCc1ccc(F)cc1. The highest BCUT2D eigenvalue weighted by molar-refractivity contribution is 5.78. The summed E-state index contributed by atoms with van der Waals surface area (Å²) in [4.78, 5) is 25.7. The average Bonchev–Trinajstić information content (AvgIpc) is 2.58. The van der Waals surface area contributed by atoms with Gasteiger partial charge in [-0.15, -0.1) is 0 Å². The molecule has 24 heavy (non-hydrogen) atoms. The highest BCUT2D eigenvalue weighted by Crippen LogP contribution is 2.19. The molecule has 132 valence electrons. The van der Waals surface area contributed by atoms with Gasteiger partial charge in [-0.3, -0.25) is 14.5 Å². The molecular formula is C18H25FN2O3. The minimum atomic E-state index is -0.260. The number of amides is 1. The molecule has 0 aliphatic carbocycles. The van der Waals surface area contributed by atoms with Gasteiger partial charge >= 0.3 is 5.97 Å². The number of nitrogens with one attached hydrogen (secondary N) is 1. The van der Waals surface area contributed by atoms with E-state index in [0.717, 1.165) is 31.4 Å². The number of halogens is 1. The third kappa shape index (κ3) is 5.92. The number of piperidine rings is 1. The predicted octanol–water partition coefficient (Wildman–Crippen LogP) is 1.90. The van der Waals surface area contributed by atoms with Crippen molar-refractivity contribution in [3.05, 3.63) is 35.6 Å². The second kappa shape index (κ2) is 9.37. The van der Waals surface area contributed by atoms with Crippen LogP contribution in [0.2, 0.25) is 0 Å². The van der Waals surface area contributed by atoms with Crippen LogP contribution in [0.5, 0.6) is 0 Å². The minimum Gasteiger partial charge on any atom is -0.469 e. The molecule has 0 unspecified atom stereocenters. The number of likely N-dealkylation sites (tertiary alicyclic amines) is 1. The largest absolute Gasteiger partial charge is 0.469 e. The number of carbonyl (C=O) groups excluding carboxylic acids is 2. The van der Waals surface area contributed by atoms with Gasteiger partial charge in [-0.2, -0.15) is 0 Å². The molecule has 0 aromatic heterocycles. The molecular weight excluding hydrogens is 311 g/mol. The molecule has 1 aromatic carbocycles. The predicted molar refractivity (Wildman–Crippen MR) is 89.0 cm³/mol. The fourth-order valence-corrected chi connectivity index (χ4v) is 3.01. The van der Waals surface area contributed by atoms with Crippen LogP contribution in [0.25, 0.3) is 0 Å². The first kappa shape index (κ1) is 18.4. The van der Waals surface area contributed by atoms with Gasteiger partial charge < -0.3 is 10.1 Å². The molecule has 1 N–H and O–H groups in total. The van der Waals surface area contributed by atoms with Crippen molar-refractivity contribution in [3.63, 3.8) is 0 Å². The van der Waals surface area contributed by atoms with Crippen molar-refractivity contribution in [1.29, 1.82) is 0 Å². The molecule has 1 amide bonds. The number of rotatable bonds is 7. The van der Waals surface area contributed by atoms with Crippen LogP contribution in [0.1, 0.15) is 31.2 Å². The molecule has 1 fully saturated rings. The molecule has 0 saturated carbocycles. The number of hydrogen-bond acceptors (Lipinski definition) is 4. The molecule has 1 aliphatic heterocycles. The van der Waals surface area contributed by atoms with Crippen molar-refractivity contribution in [3.8, 4) is 0 Å². The summed E-state index contributed by atoms with van der Waals surface area (Å²) in [6.07, 6.45) is 4.03. The molecule has 0 spiro atoms. The summed E-state index contributed by atoms with van der Waals surface area (Å²) < 4.78 is 17.6. The van der Waals surface area contributed by atoms with E-state index in [2.05, 4.69) is 10.2 Å². The Morgan fingerprint density at radius 1 is 1.29 bits per heavy atom. The summed E-state index contributed by atoms with van der Waals surface area (Å²) in [6, 6.07) is 6.36. The first-order valence-corrected chi connectivity index (χ1v) is 8.40. The average molecular weight is 336 g/mol. The smallest absolute Gasteiger partial charge is 0.307 e. The number of hydrogen-bond donors (Lipinski definition) is 1. The number of benzene rings is 1. The summed E-state index contributed by atoms with van der Waals surface area (Å²) in [5.74, 6) is -0.540. The summed E-state index contributed by atoms with van der Waals surface area (Å²) in [5, 5.41) is 2.89. The van der Waals surface area contributed by atoms with Crippen LogP contribution in [0.15, 0.2) is 24.3 Å². The summed E-state index contributed by atoms with van der Waals surface area (Å²) in [5.41, 5.74) is 0.984. The maximum Gasteiger partial charge on any atom is 0.307 e. The number of ether oxygens (including phenoxy) is 1. The summed E-state index contributed by atoms with van der Waals surface area (Å²) in [7, 11) is 1.39. The van der Waals surface area contributed by atoms with E-state index in [1.807, 2.05) is 0 Å². The van der Waals surface area contributed by atoms with Gasteiger partial charge in [0.25, 0.3) is 0 Å². The lowest BCUT2D eigenvalue weighted by atomic mass is 9.99. The van der Waals surface area contributed by atoms with Crippen molar-refractivity contribution in [2.45, 2.75) is 38.1 Å². The van der Waals surface area contributed by atoms with Crippen LogP contribution in [0.3, 0.4) is 0 Å². The second-order valence-electron chi connectivity index (χ2n) is 6.13. The van der Waals surface area contributed by atoms with Gasteiger partial charge in [0, 0.05) is 12.6 Å². The van der Waals surface area contributed by atoms with E-state index in [1.54, 1.807) is 12.1 Å². The highest BCUT2D eigenvalue weighted by atomic mass is 19.1. The zero-order valence-corrected chi connectivity index (χ0v) is 14.1. The lowest BCUT2D eigenvalue weighted by Crippen LogP contribution is -2.46. The van der Waals surface area contributed by atoms with E-state index in [-0.39, 0.29) is 23.7 Å². The lowest BCUT2D eigenvalue weighted by molar-refractivity contribution is -0.143. The van der Waals surface area contributed by atoms with Crippen molar-refractivity contribution < 1.29 is 18.7 Å². The molecule has 1 aliphatic rings. The lowest BCUT2D eigenvalue weighted by Gasteiger charge is -2.34. The minimum absolute atomic E-state index is 0.0473. The van der Waals surface area contributed by atoms with Crippen molar-refractivity contribution in [1.82, 2.24) is 10.2 Å². The van der Waals surface area contributed by atoms with E-state index in [0.29, 0.717) is 25.9 Å². The Kier molecular flexibility index (Phi) is 7.18. The Morgan fingerprint density at radius 3 is 2.75 bits per heavy atom. The maximum absolute atomic E-state index is 12.8. The molecule has 1 saturated heterocycles. The van der Waals surface area contributed by atoms with Crippen LogP contribution in [0.4, 0.5) is 4.39 Å². The molecule has 1 heterocycles. The molecule has 6 heteroatoms. The quantitative estimate of drug-likeness (QED) is 0.773. The van der Waals surface area contributed by atoms with Crippen molar-refractivity contribution in [2.75, 3.05) is 26.7 Å². The van der Waals surface area contributed by atoms with Crippen LogP contribution >= 0.6 is 0 Å². The third-order valence-corrected chi connectivity index (χ3v) is 4.37. The Hall–Kier alpha value is -1.95. The first-order chi connectivity index (χ1) is 11.6. The Morgan fingerprint density at radius 2 is 2.04 bits per heavy atom. The van der Waals surface area contributed by atoms with E-state index in [1.165, 1.54) is 19.2 Å². The zero-order chi connectivity index (χ0) is 17.4. The second-order valence-corrected chi connectivity index (χ2v) is 6.13. The van der Waals surface area contributed by atoms with E-state index >= 15 is 0 Å². The fraction of sp³-hybridized carbons (Fsp3) is 0.556. The number of carbonyl (C=O) groups is 2. The van der Waals surface area contributed by atoms with Gasteiger partial charge in [0.1, 0.15) is 5.82 Å². The van der Waals surface area contributed by atoms with E-state index in [4.69, 9.17) is 4.74 Å². The highest BCUT2D eigenvalue weighted by Gasteiger charge is 2.26. The normalized spacial score (nSPS) is 18.2. The van der Waals surface area contributed by atoms with Crippen LogP contribution in [-0.2, 0) is 20.7 Å².